The molecule has 5 heterocycles. The van der Waals surface area contributed by atoms with Gasteiger partial charge in [0.15, 0.2) is 0 Å². The van der Waals surface area contributed by atoms with Crippen LogP contribution in [0.4, 0.5) is 13.2 Å². The first-order valence-corrected chi connectivity index (χ1v) is 11.8. The second-order valence-electron chi connectivity index (χ2n) is 9.31. The lowest BCUT2D eigenvalue weighted by atomic mass is 10.0. The molecule has 1 aliphatic heterocycles. The van der Waals surface area contributed by atoms with Gasteiger partial charge in [0.1, 0.15) is 5.52 Å². The van der Waals surface area contributed by atoms with Gasteiger partial charge in [0, 0.05) is 43.3 Å². The van der Waals surface area contributed by atoms with Gasteiger partial charge in [-0.1, -0.05) is 18.2 Å². The molecule has 4 aromatic heterocycles. The Balaban J connectivity index is 1.46. The van der Waals surface area contributed by atoms with Crippen LogP contribution in [0, 0.1) is 0 Å². The predicted octanol–water partition coefficient (Wildman–Crippen LogP) is 4.70. The van der Waals surface area contributed by atoms with Crippen LogP contribution >= 0.6 is 0 Å². The van der Waals surface area contributed by atoms with Crippen LogP contribution in [0.25, 0.3) is 44.2 Å². The van der Waals surface area contributed by atoms with E-state index in [9.17, 15) is 18.0 Å². The van der Waals surface area contributed by atoms with Gasteiger partial charge in [0.2, 0.25) is 0 Å². The third kappa shape index (κ3) is 3.91. The Morgan fingerprint density at radius 3 is 2.53 bits per heavy atom. The number of nitrogens with zero attached hydrogens (tertiary/aromatic N) is 6. The average molecular weight is 493 g/mol. The van der Waals surface area contributed by atoms with Crippen molar-refractivity contribution in [2.45, 2.75) is 25.1 Å². The molecule has 0 N–H and O–H groups in total. The van der Waals surface area contributed by atoms with Gasteiger partial charge < -0.3 is 0 Å². The fourth-order valence-electron chi connectivity index (χ4n) is 5.19. The molecule has 36 heavy (non-hydrogen) atoms. The van der Waals surface area contributed by atoms with Crippen LogP contribution in [0.2, 0.25) is 0 Å². The Morgan fingerprint density at radius 2 is 1.75 bits per heavy atom. The highest BCUT2D eigenvalue weighted by Gasteiger charge is 2.34. The minimum absolute atomic E-state index is 0.215. The molecule has 0 aliphatic carbocycles. The molecule has 1 aromatic carbocycles. The van der Waals surface area contributed by atoms with E-state index < -0.39 is 12.7 Å². The molecule has 1 aliphatic rings. The molecule has 6 rings (SSSR count). The van der Waals surface area contributed by atoms with E-state index in [1.165, 1.54) is 9.47 Å². The number of alkyl halides is 3. The molecule has 1 saturated heterocycles. The number of hydrogen-bond acceptors (Lipinski definition) is 5. The molecular weight excluding hydrogens is 469 g/mol. The summed E-state index contributed by atoms with van der Waals surface area (Å²) in [7, 11) is 1.69. The molecule has 0 saturated carbocycles. The van der Waals surface area contributed by atoms with E-state index in [0.717, 1.165) is 16.5 Å². The molecule has 0 amide bonds. The highest BCUT2D eigenvalue weighted by atomic mass is 19.4. The van der Waals surface area contributed by atoms with E-state index in [-0.39, 0.29) is 24.8 Å². The van der Waals surface area contributed by atoms with E-state index in [2.05, 4.69) is 9.97 Å². The number of piperidine rings is 1. The third-order valence-electron chi connectivity index (χ3n) is 6.97. The minimum Gasteiger partial charge on any atom is -0.295 e. The number of hydrogen-bond donors (Lipinski definition) is 0. The van der Waals surface area contributed by atoms with Crippen molar-refractivity contribution in [3.63, 3.8) is 0 Å². The molecule has 0 radical (unpaired) electrons. The summed E-state index contributed by atoms with van der Waals surface area (Å²) in [6, 6.07) is 13.4. The summed E-state index contributed by atoms with van der Waals surface area (Å²) in [4.78, 5) is 28.7. The first-order chi connectivity index (χ1) is 17.3. The van der Waals surface area contributed by atoms with Crippen LogP contribution in [-0.2, 0) is 7.05 Å². The summed E-state index contributed by atoms with van der Waals surface area (Å²) >= 11 is 0. The second-order valence-corrected chi connectivity index (χ2v) is 9.31. The standard InChI is InChI=1S/C26H23F3N6O/c1-33-22-14-31-21-7-6-20(17-12-16-4-2-3-5-19(16)30-13-17)32-23(21)24(22)35(25(33)36)18-8-10-34(11-9-18)15-26(27,28)29/h2-7,12-14,18H,8-11,15H2,1H3. The lowest BCUT2D eigenvalue weighted by Gasteiger charge is -2.32. The lowest BCUT2D eigenvalue weighted by molar-refractivity contribution is -0.148. The van der Waals surface area contributed by atoms with Gasteiger partial charge in [-0.3, -0.25) is 24.0 Å². The van der Waals surface area contributed by atoms with E-state index in [1.807, 2.05) is 42.5 Å². The number of rotatable bonds is 3. The highest BCUT2D eigenvalue weighted by Crippen LogP contribution is 2.31. The molecular formula is C26H23F3N6O. The largest absolute Gasteiger partial charge is 0.401 e. The Labute approximate surface area is 203 Å². The molecule has 7 nitrogen and oxygen atoms in total. The van der Waals surface area contributed by atoms with Crippen LogP contribution in [0.15, 0.2) is 59.7 Å². The Hall–Kier alpha value is -3.79. The molecule has 10 heteroatoms. The van der Waals surface area contributed by atoms with E-state index in [0.29, 0.717) is 40.6 Å². The lowest BCUT2D eigenvalue weighted by Crippen LogP contribution is -2.42. The summed E-state index contributed by atoms with van der Waals surface area (Å²) in [5.74, 6) is 0. The summed E-state index contributed by atoms with van der Waals surface area (Å²) < 4.78 is 41.8. The SMILES string of the molecule is Cn1c(=O)n(C2CCN(CC(F)(F)F)CC2)c2c3nc(-c4cnc5ccccc5c4)ccc3ncc21. The summed E-state index contributed by atoms with van der Waals surface area (Å²) in [6.45, 7) is -0.378. The van der Waals surface area contributed by atoms with Crippen molar-refractivity contribution in [1.29, 1.82) is 0 Å². The quantitative estimate of drug-likeness (QED) is 0.365. The van der Waals surface area contributed by atoms with Crippen LogP contribution in [-0.4, -0.2) is 54.8 Å². The zero-order chi connectivity index (χ0) is 25.0. The van der Waals surface area contributed by atoms with Gasteiger partial charge in [-0.25, -0.2) is 9.78 Å². The van der Waals surface area contributed by atoms with Crippen molar-refractivity contribution in [3.05, 3.63) is 65.3 Å². The van der Waals surface area contributed by atoms with Crippen molar-refractivity contribution < 1.29 is 13.2 Å². The summed E-state index contributed by atoms with van der Waals surface area (Å²) in [5.41, 5.74) is 4.77. The highest BCUT2D eigenvalue weighted by molar-refractivity contribution is 6.00. The number of halogens is 3. The summed E-state index contributed by atoms with van der Waals surface area (Å²) in [6.07, 6.45) is 0.106. The van der Waals surface area contributed by atoms with Crippen molar-refractivity contribution in [2.75, 3.05) is 19.6 Å². The van der Waals surface area contributed by atoms with Gasteiger partial charge in [-0.15, -0.1) is 0 Å². The van der Waals surface area contributed by atoms with Crippen LogP contribution in [0.3, 0.4) is 0 Å². The zero-order valence-corrected chi connectivity index (χ0v) is 19.5. The second kappa shape index (κ2) is 8.41. The number of aryl methyl sites for hydroxylation is 1. The first kappa shape index (κ1) is 22.7. The van der Waals surface area contributed by atoms with Gasteiger partial charge in [0.25, 0.3) is 0 Å². The third-order valence-corrected chi connectivity index (χ3v) is 6.97. The van der Waals surface area contributed by atoms with E-state index in [4.69, 9.17) is 4.98 Å². The number of likely N-dealkylation sites (tertiary alicyclic amines) is 1. The number of benzene rings is 1. The van der Waals surface area contributed by atoms with Gasteiger partial charge in [0.05, 0.1) is 40.5 Å². The average Bonchev–Trinajstić information content (AvgIpc) is 3.13. The molecule has 5 aromatic rings. The van der Waals surface area contributed by atoms with Gasteiger partial charge >= 0.3 is 11.9 Å². The van der Waals surface area contributed by atoms with Crippen LogP contribution in [0.5, 0.6) is 0 Å². The maximum Gasteiger partial charge on any atom is 0.401 e. The first-order valence-electron chi connectivity index (χ1n) is 11.8. The van der Waals surface area contributed by atoms with Crippen molar-refractivity contribution in [1.82, 2.24) is 29.0 Å². The Bertz CT molecular complexity index is 1660. The zero-order valence-electron chi connectivity index (χ0n) is 19.5. The van der Waals surface area contributed by atoms with Gasteiger partial charge in [-0.2, -0.15) is 13.2 Å². The number of aromatic nitrogens is 5. The van der Waals surface area contributed by atoms with Crippen molar-refractivity contribution in [2.24, 2.45) is 7.05 Å². The van der Waals surface area contributed by atoms with Crippen molar-refractivity contribution >= 4 is 33.0 Å². The Kier molecular flexibility index (Phi) is 5.29. The molecule has 0 unspecified atom stereocenters. The minimum atomic E-state index is -4.23. The maximum absolute atomic E-state index is 13.3. The topological polar surface area (TPSA) is 68.8 Å². The van der Waals surface area contributed by atoms with E-state index in [1.54, 1.807) is 24.0 Å². The molecule has 1 fully saturated rings. The van der Waals surface area contributed by atoms with Crippen molar-refractivity contribution in [3.8, 4) is 11.3 Å². The fourth-order valence-corrected chi connectivity index (χ4v) is 5.19. The summed E-state index contributed by atoms with van der Waals surface area (Å²) in [5, 5.41) is 0.996. The Morgan fingerprint density at radius 1 is 1.00 bits per heavy atom. The number of pyridine rings is 3. The van der Waals surface area contributed by atoms with Crippen LogP contribution < -0.4 is 5.69 Å². The monoisotopic (exact) mass is 492 g/mol. The maximum atomic E-state index is 13.3. The molecule has 184 valence electrons. The van der Waals surface area contributed by atoms with Gasteiger partial charge in [-0.05, 0) is 37.1 Å². The number of para-hydroxylation sites is 1. The normalized spacial score (nSPS) is 15.9. The molecule has 0 bridgehead atoms. The predicted molar refractivity (Wildman–Crippen MR) is 132 cm³/mol. The number of fused-ring (bicyclic) bond motifs is 4. The van der Waals surface area contributed by atoms with E-state index >= 15 is 0 Å². The smallest absolute Gasteiger partial charge is 0.295 e. The fraction of sp³-hybridized carbons (Fsp3) is 0.308. The number of imidazole rings is 1. The molecule has 0 atom stereocenters. The van der Waals surface area contributed by atoms with Crippen LogP contribution in [0.1, 0.15) is 18.9 Å². The molecule has 0 spiro atoms.